The monoisotopic (exact) mass is 515 g/mol. The molecular formula is C29H29N3O6. The molecule has 3 rings (SSSR count). The van der Waals surface area contributed by atoms with E-state index in [0.717, 1.165) is 5.56 Å². The fourth-order valence-corrected chi connectivity index (χ4v) is 3.59. The number of carbonyl (C=O) groups is 3. The lowest BCUT2D eigenvalue weighted by atomic mass is 10.0. The van der Waals surface area contributed by atoms with Gasteiger partial charge in [-0.3, -0.25) is 19.7 Å². The topological polar surface area (TPSA) is 128 Å². The standard InChI is InChI=1S/C29H29N3O6/c1-20(2)16-26(29(35)38-19-21-10-5-3-6-11-21)31-28(34)25(30-27(33)23-13-7-4-8-14-23)18-22-12-9-15-24(17-22)32(36)37/h3-15,17-18,20,26H,16,19H2,1-2H3,(H,30,33)(H,31,34)/b25-18+/t26-/m0/s1. The Hall–Kier alpha value is -4.79. The van der Waals surface area contributed by atoms with E-state index >= 15 is 0 Å². The number of hydrogen-bond acceptors (Lipinski definition) is 6. The summed E-state index contributed by atoms with van der Waals surface area (Å²) in [6.45, 7) is 3.85. The minimum atomic E-state index is -0.978. The van der Waals surface area contributed by atoms with Crippen molar-refractivity contribution in [3.05, 3.63) is 117 Å². The second-order valence-electron chi connectivity index (χ2n) is 8.98. The van der Waals surface area contributed by atoms with Crippen molar-refractivity contribution < 1.29 is 24.0 Å². The SMILES string of the molecule is CC(C)C[C@H](NC(=O)/C(=C\c1cccc([N+](=O)[O-])c1)NC(=O)c1ccccc1)C(=O)OCc1ccccc1. The summed E-state index contributed by atoms with van der Waals surface area (Å²) in [4.78, 5) is 49.8. The number of nitro groups is 1. The molecule has 2 N–H and O–H groups in total. The van der Waals surface area contributed by atoms with E-state index in [4.69, 9.17) is 4.74 Å². The van der Waals surface area contributed by atoms with Gasteiger partial charge in [-0.15, -0.1) is 0 Å². The number of esters is 1. The van der Waals surface area contributed by atoms with E-state index < -0.39 is 28.7 Å². The zero-order chi connectivity index (χ0) is 27.5. The Labute approximate surface area is 220 Å². The van der Waals surface area contributed by atoms with Crippen molar-refractivity contribution in [3.63, 3.8) is 0 Å². The Kier molecular flexibility index (Phi) is 9.87. The molecule has 3 aromatic carbocycles. The lowest BCUT2D eigenvalue weighted by molar-refractivity contribution is -0.384. The average Bonchev–Trinajstić information content (AvgIpc) is 2.91. The van der Waals surface area contributed by atoms with Crippen LogP contribution in [-0.4, -0.2) is 28.7 Å². The van der Waals surface area contributed by atoms with Crippen molar-refractivity contribution in [2.75, 3.05) is 0 Å². The molecule has 38 heavy (non-hydrogen) atoms. The number of carbonyl (C=O) groups excluding carboxylic acids is 3. The van der Waals surface area contributed by atoms with Crippen LogP contribution < -0.4 is 10.6 Å². The quantitative estimate of drug-likeness (QED) is 0.166. The highest BCUT2D eigenvalue weighted by molar-refractivity contribution is 6.06. The highest BCUT2D eigenvalue weighted by Gasteiger charge is 2.26. The van der Waals surface area contributed by atoms with Gasteiger partial charge in [0.1, 0.15) is 18.3 Å². The van der Waals surface area contributed by atoms with Crippen molar-refractivity contribution in [1.82, 2.24) is 10.6 Å². The van der Waals surface area contributed by atoms with Gasteiger partial charge in [0.25, 0.3) is 17.5 Å². The number of hydrogen-bond donors (Lipinski definition) is 2. The van der Waals surface area contributed by atoms with Crippen LogP contribution in [0.5, 0.6) is 0 Å². The van der Waals surface area contributed by atoms with E-state index in [1.165, 1.54) is 24.3 Å². The molecule has 0 aliphatic heterocycles. The van der Waals surface area contributed by atoms with E-state index in [0.29, 0.717) is 17.5 Å². The minimum absolute atomic E-state index is 0.0469. The first-order chi connectivity index (χ1) is 18.2. The van der Waals surface area contributed by atoms with Gasteiger partial charge in [-0.1, -0.05) is 74.5 Å². The molecule has 1 atom stereocenters. The first-order valence-corrected chi connectivity index (χ1v) is 12.1. The molecular weight excluding hydrogens is 486 g/mol. The van der Waals surface area contributed by atoms with Gasteiger partial charge in [-0.2, -0.15) is 0 Å². The molecule has 0 saturated carbocycles. The van der Waals surface area contributed by atoms with E-state index in [9.17, 15) is 24.5 Å². The Bertz CT molecular complexity index is 1310. The fraction of sp³-hybridized carbons (Fsp3) is 0.207. The number of ether oxygens (including phenoxy) is 1. The average molecular weight is 516 g/mol. The minimum Gasteiger partial charge on any atom is -0.459 e. The molecule has 0 fully saturated rings. The third-order valence-electron chi connectivity index (χ3n) is 5.44. The van der Waals surface area contributed by atoms with Crippen LogP contribution in [0, 0.1) is 16.0 Å². The lowest BCUT2D eigenvalue weighted by Gasteiger charge is -2.20. The molecule has 9 heteroatoms. The summed E-state index contributed by atoms with van der Waals surface area (Å²) in [7, 11) is 0. The van der Waals surface area contributed by atoms with Gasteiger partial charge in [-0.25, -0.2) is 4.79 Å². The van der Waals surface area contributed by atoms with E-state index in [1.807, 2.05) is 44.2 Å². The van der Waals surface area contributed by atoms with Crippen LogP contribution in [-0.2, 0) is 20.9 Å². The Morgan fingerprint density at radius 3 is 2.24 bits per heavy atom. The molecule has 3 aromatic rings. The largest absolute Gasteiger partial charge is 0.459 e. The van der Waals surface area contributed by atoms with Crippen LogP contribution in [0.1, 0.15) is 41.8 Å². The van der Waals surface area contributed by atoms with Crippen LogP contribution in [0.25, 0.3) is 6.08 Å². The Morgan fingerprint density at radius 2 is 1.61 bits per heavy atom. The molecule has 0 radical (unpaired) electrons. The Morgan fingerprint density at radius 1 is 0.947 bits per heavy atom. The predicted octanol–water partition coefficient (Wildman–Crippen LogP) is 4.64. The zero-order valence-corrected chi connectivity index (χ0v) is 21.1. The van der Waals surface area contributed by atoms with E-state index in [-0.39, 0.29) is 23.9 Å². The third-order valence-corrected chi connectivity index (χ3v) is 5.44. The molecule has 0 bridgehead atoms. The molecule has 0 aliphatic rings. The van der Waals surface area contributed by atoms with Crippen LogP contribution in [0.4, 0.5) is 5.69 Å². The van der Waals surface area contributed by atoms with Crippen molar-refractivity contribution in [3.8, 4) is 0 Å². The number of amides is 2. The van der Waals surface area contributed by atoms with Crippen molar-refractivity contribution >= 4 is 29.5 Å². The van der Waals surface area contributed by atoms with Gasteiger partial charge in [-0.05, 0) is 41.7 Å². The highest BCUT2D eigenvalue weighted by Crippen LogP contribution is 2.16. The number of nitrogens with zero attached hydrogens (tertiary/aromatic N) is 1. The van der Waals surface area contributed by atoms with Crippen LogP contribution in [0.2, 0.25) is 0 Å². The normalized spacial score (nSPS) is 11.9. The van der Waals surface area contributed by atoms with Gasteiger partial charge < -0.3 is 15.4 Å². The summed E-state index contributed by atoms with van der Waals surface area (Å²) in [5, 5.41) is 16.4. The smallest absolute Gasteiger partial charge is 0.328 e. The predicted molar refractivity (Wildman–Crippen MR) is 143 cm³/mol. The molecule has 0 aromatic heterocycles. The summed E-state index contributed by atoms with van der Waals surface area (Å²) >= 11 is 0. The molecule has 0 saturated heterocycles. The molecule has 0 unspecified atom stereocenters. The van der Waals surface area contributed by atoms with Crippen molar-refractivity contribution in [1.29, 1.82) is 0 Å². The maximum Gasteiger partial charge on any atom is 0.328 e. The first-order valence-electron chi connectivity index (χ1n) is 12.1. The van der Waals surface area contributed by atoms with Crippen LogP contribution in [0.15, 0.2) is 90.6 Å². The van der Waals surface area contributed by atoms with Gasteiger partial charge in [0, 0.05) is 17.7 Å². The summed E-state index contributed by atoms with van der Waals surface area (Å²) in [6.07, 6.45) is 1.63. The highest BCUT2D eigenvalue weighted by atomic mass is 16.6. The zero-order valence-electron chi connectivity index (χ0n) is 21.1. The lowest BCUT2D eigenvalue weighted by Crippen LogP contribution is -2.45. The first kappa shape index (κ1) is 27.8. The second-order valence-corrected chi connectivity index (χ2v) is 8.98. The third kappa shape index (κ3) is 8.41. The van der Waals surface area contributed by atoms with Gasteiger partial charge >= 0.3 is 5.97 Å². The van der Waals surface area contributed by atoms with Gasteiger partial charge in [0.05, 0.1) is 4.92 Å². The van der Waals surface area contributed by atoms with Crippen molar-refractivity contribution in [2.45, 2.75) is 32.9 Å². The van der Waals surface area contributed by atoms with Crippen LogP contribution >= 0.6 is 0 Å². The van der Waals surface area contributed by atoms with Gasteiger partial charge in [0.15, 0.2) is 0 Å². The molecule has 0 aliphatic carbocycles. The summed E-state index contributed by atoms with van der Waals surface area (Å²) in [5.74, 6) is -1.85. The van der Waals surface area contributed by atoms with Crippen LogP contribution in [0.3, 0.4) is 0 Å². The maximum absolute atomic E-state index is 13.4. The second kappa shape index (κ2) is 13.5. The molecule has 0 spiro atoms. The number of non-ortho nitro benzene ring substituents is 1. The summed E-state index contributed by atoms with van der Waals surface area (Å²) < 4.78 is 5.45. The number of nitrogens with one attached hydrogen (secondary N) is 2. The van der Waals surface area contributed by atoms with Gasteiger partial charge in [0.2, 0.25) is 0 Å². The number of nitro benzene ring substituents is 1. The molecule has 2 amide bonds. The van der Waals surface area contributed by atoms with E-state index in [2.05, 4.69) is 10.6 Å². The maximum atomic E-state index is 13.4. The molecule has 196 valence electrons. The summed E-state index contributed by atoms with van der Waals surface area (Å²) in [5.41, 5.74) is 1.09. The Balaban J connectivity index is 1.85. The molecule has 0 heterocycles. The van der Waals surface area contributed by atoms with E-state index in [1.54, 1.807) is 36.4 Å². The number of benzene rings is 3. The summed E-state index contributed by atoms with van der Waals surface area (Å²) in [6, 6.07) is 22.1. The fourth-order valence-electron chi connectivity index (χ4n) is 3.59. The molecule has 9 nitrogen and oxygen atoms in total. The number of rotatable bonds is 11. The van der Waals surface area contributed by atoms with Crippen molar-refractivity contribution in [2.24, 2.45) is 5.92 Å².